The zero-order valence-corrected chi connectivity index (χ0v) is 16.9. The minimum atomic E-state index is -0.627. The highest BCUT2D eigenvalue weighted by Crippen LogP contribution is 2.36. The number of rotatable bonds is 4. The second kappa shape index (κ2) is 7.70. The van der Waals surface area contributed by atoms with Crippen LogP contribution in [0.3, 0.4) is 0 Å². The lowest BCUT2D eigenvalue weighted by Crippen LogP contribution is -2.52. The van der Waals surface area contributed by atoms with Gasteiger partial charge in [0.15, 0.2) is 0 Å². The standard InChI is InChI=1S/C23H26N4O2/c1-17(28)27-14-12-23(13-15-27,18-8-4-3-5-9-18)22(29)24-16-21-25-19-10-6-7-11-20(19)26(21)2/h3-11H,12-16H2,1-2H3,(H,24,29). The first-order chi connectivity index (χ1) is 14.0. The van der Waals surface area contributed by atoms with Crippen molar-refractivity contribution in [3.63, 3.8) is 0 Å². The number of imidazole rings is 1. The maximum absolute atomic E-state index is 13.4. The highest BCUT2D eigenvalue weighted by atomic mass is 16.2. The van der Waals surface area contributed by atoms with Crippen LogP contribution in [0.4, 0.5) is 0 Å². The maximum atomic E-state index is 13.4. The fourth-order valence-corrected chi connectivity index (χ4v) is 4.29. The van der Waals surface area contributed by atoms with Gasteiger partial charge in [-0.3, -0.25) is 9.59 Å². The molecule has 2 amide bonds. The van der Waals surface area contributed by atoms with Gasteiger partial charge in [0.05, 0.1) is 23.0 Å². The highest BCUT2D eigenvalue weighted by Gasteiger charge is 2.43. The summed E-state index contributed by atoms with van der Waals surface area (Å²) in [5.41, 5.74) is 2.35. The SMILES string of the molecule is CC(=O)N1CCC(C(=O)NCc2nc3ccccc3n2C)(c2ccccc2)CC1. The zero-order chi connectivity index (χ0) is 20.4. The molecule has 0 atom stereocenters. The molecule has 0 saturated carbocycles. The third-order valence-electron chi connectivity index (χ3n) is 6.11. The van der Waals surface area contributed by atoms with Gasteiger partial charge < -0.3 is 14.8 Å². The van der Waals surface area contributed by atoms with Crippen LogP contribution in [0, 0.1) is 0 Å². The maximum Gasteiger partial charge on any atom is 0.231 e. The smallest absolute Gasteiger partial charge is 0.231 e. The normalized spacial score (nSPS) is 16.0. The van der Waals surface area contributed by atoms with E-state index in [1.54, 1.807) is 6.92 Å². The molecule has 1 aliphatic rings. The Morgan fingerprint density at radius 3 is 2.34 bits per heavy atom. The average Bonchev–Trinajstić information content (AvgIpc) is 3.08. The highest BCUT2D eigenvalue weighted by molar-refractivity contribution is 5.89. The van der Waals surface area contributed by atoms with E-state index in [2.05, 4.69) is 10.3 Å². The van der Waals surface area contributed by atoms with Crippen molar-refractivity contribution in [2.45, 2.75) is 31.7 Å². The summed E-state index contributed by atoms with van der Waals surface area (Å²) in [6.45, 7) is 3.13. The number of hydrogen-bond donors (Lipinski definition) is 1. The number of aryl methyl sites for hydroxylation is 1. The minimum absolute atomic E-state index is 0.000965. The molecule has 0 bridgehead atoms. The van der Waals surface area contributed by atoms with Crippen LogP contribution in [0.1, 0.15) is 31.2 Å². The Balaban J connectivity index is 1.57. The first-order valence-corrected chi connectivity index (χ1v) is 10.0. The van der Waals surface area contributed by atoms with Crippen molar-refractivity contribution in [3.05, 3.63) is 66.0 Å². The van der Waals surface area contributed by atoms with Gasteiger partial charge >= 0.3 is 0 Å². The van der Waals surface area contributed by atoms with E-state index in [1.165, 1.54) is 0 Å². The number of piperidine rings is 1. The number of likely N-dealkylation sites (tertiary alicyclic amines) is 1. The largest absolute Gasteiger partial charge is 0.348 e. The molecule has 0 spiro atoms. The van der Waals surface area contributed by atoms with Crippen LogP contribution >= 0.6 is 0 Å². The van der Waals surface area contributed by atoms with Gasteiger partial charge in [0.2, 0.25) is 11.8 Å². The summed E-state index contributed by atoms with van der Waals surface area (Å²) in [6, 6.07) is 17.9. The van der Waals surface area contributed by atoms with Crippen molar-refractivity contribution >= 4 is 22.8 Å². The topological polar surface area (TPSA) is 67.2 Å². The van der Waals surface area contributed by atoms with Crippen molar-refractivity contribution in [1.29, 1.82) is 0 Å². The number of fused-ring (bicyclic) bond motifs is 1. The third-order valence-corrected chi connectivity index (χ3v) is 6.11. The molecule has 1 aromatic heterocycles. The average molecular weight is 390 g/mol. The van der Waals surface area contributed by atoms with E-state index in [4.69, 9.17) is 0 Å². The molecule has 2 aromatic carbocycles. The molecule has 150 valence electrons. The zero-order valence-electron chi connectivity index (χ0n) is 16.9. The molecule has 0 radical (unpaired) electrons. The fraction of sp³-hybridized carbons (Fsp3) is 0.348. The van der Waals surface area contributed by atoms with Crippen molar-refractivity contribution in [2.24, 2.45) is 7.05 Å². The first kappa shape index (κ1) is 19.2. The van der Waals surface area contributed by atoms with Crippen molar-refractivity contribution in [3.8, 4) is 0 Å². The van der Waals surface area contributed by atoms with E-state index < -0.39 is 5.41 Å². The number of aromatic nitrogens is 2. The van der Waals surface area contributed by atoms with Crippen LogP contribution in [0.15, 0.2) is 54.6 Å². The Hall–Kier alpha value is -3.15. The van der Waals surface area contributed by atoms with Crippen LogP contribution in [-0.4, -0.2) is 39.4 Å². The molecule has 29 heavy (non-hydrogen) atoms. The van der Waals surface area contributed by atoms with Crippen LogP contribution < -0.4 is 5.32 Å². The van der Waals surface area contributed by atoms with E-state index in [1.807, 2.05) is 71.1 Å². The summed E-state index contributed by atoms with van der Waals surface area (Å²) in [4.78, 5) is 31.7. The van der Waals surface area contributed by atoms with Gasteiger partial charge in [-0.1, -0.05) is 42.5 Å². The molecule has 1 N–H and O–H groups in total. The number of amides is 2. The van der Waals surface area contributed by atoms with Gasteiger partial charge in [-0.05, 0) is 30.5 Å². The summed E-state index contributed by atoms with van der Waals surface area (Å²) >= 11 is 0. The van der Waals surface area contributed by atoms with Gasteiger partial charge in [0, 0.05) is 27.1 Å². The Bertz CT molecular complexity index is 1030. The molecule has 6 nitrogen and oxygen atoms in total. The summed E-state index contributed by atoms with van der Waals surface area (Å²) < 4.78 is 2.02. The van der Waals surface area contributed by atoms with Gasteiger partial charge in [-0.15, -0.1) is 0 Å². The Labute approximate surface area is 170 Å². The van der Waals surface area contributed by atoms with Gasteiger partial charge in [-0.25, -0.2) is 4.98 Å². The molecular weight excluding hydrogens is 364 g/mol. The molecule has 1 fully saturated rings. The molecule has 0 aliphatic carbocycles. The van der Waals surface area contributed by atoms with Gasteiger partial charge in [0.1, 0.15) is 5.82 Å². The van der Waals surface area contributed by atoms with Gasteiger partial charge in [-0.2, -0.15) is 0 Å². The predicted molar refractivity (Wildman–Crippen MR) is 112 cm³/mol. The van der Waals surface area contributed by atoms with E-state index in [-0.39, 0.29) is 11.8 Å². The Morgan fingerprint density at radius 1 is 1.03 bits per heavy atom. The van der Waals surface area contributed by atoms with Crippen LogP contribution in [-0.2, 0) is 28.6 Å². The first-order valence-electron chi connectivity index (χ1n) is 10.0. The lowest BCUT2D eigenvalue weighted by Gasteiger charge is -2.40. The second-order valence-electron chi connectivity index (χ2n) is 7.71. The van der Waals surface area contributed by atoms with Crippen LogP contribution in [0.5, 0.6) is 0 Å². The van der Waals surface area contributed by atoms with E-state index >= 15 is 0 Å². The number of hydrogen-bond acceptors (Lipinski definition) is 3. The van der Waals surface area contributed by atoms with Gasteiger partial charge in [0.25, 0.3) is 0 Å². The number of nitrogens with one attached hydrogen (secondary N) is 1. The molecule has 6 heteroatoms. The summed E-state index contributed by atoms with van der Waals surface area (Å²) in [7, 11) is 1.97. The van der Waals surface area contributed by atoms with Crippen LogP contribution in [0.25, 0.3) is 11.0 Å². The van der Waals surface area contributed by atoms with E-state index in [9.17, 15) is 9.59 Å². The van der Waals surface area contributed by atoms with Crippen LogP contribution in [0.2, 0.25) is 0 Å². The second-order valence-corrected chi connectivity index (χ2v) is 7.71. The molecule has 3 aromatic rings. The van der Waals surface area contributed by atoms with E-state index in [0.29, 0.717) is 32.5 Å². The monoisotopic (exact) mass is 390 g/mol. The third kappa shape index (κ3) is 3.50. The molecule has 4 rings (SSSR count). The number of carbonyl (C=O) groups is 2. The predicted octanol–water partition coefficient (Wildman–Crippen LogP) is 2.77. The molecule has 1 saturated heterocycles. The molecule has 1 aliphatic heterocycles. The molecule has 0 unspecified atom stereocenters. The van der Waals surface area contributed by atoms with E-state index in [0.717, 1.165) is 22.4 Å². The molecular formula is C23H26N4O2. The number of carbonyl (C=O) groups excluding carboxylic acids is 2. The summed E-state index contributed by atoms with van der Waals surface area (Å²) in [5, 5.41) is 3.13. The summed E-state index contributed by atoms with van der Waals surface area (Å²) in [6.07, 6.45) is 1.23. The number of nitrogens with zero attached hydrogens (tertiary/aromatic N) is 3. The summed E-state index contributed by atoms with van der Waals surface area (Å²) in [5.74, 6) is 0.884. The lowest BCUT2D eigenvalue weighted by atomic mass is 9.72. The number of benzene rings is 2. The number of para-hydroxylation sites is 2. The quantitative estimate of drug-likeness (QED) is 0.745. The molecule has 2 heterocycles. The Kier molecular flexibility index (Phi) is 5.09. The minimum Gasteiger partial charge on any atom is -0.348 e. The van der Waals surface area contributed by atoms with Crippen molar-refractivity contribution < 1.29 is 9.59 Å². The van der Waals surface area contributed by atoms with Crippen molar-refractivity contribution in [2.75, 3.05) is 13.1 Å². The Morgan fingerprint density at radius 2 is 1.69 bits per heavy atom. The van der Waals surface area contributed by atoms with Crippen molar-refractivity contribution in [1.82, 2.24) is 19.8 Å². The fourth-order valence-electron chi connectivity index (χ4n) is 4.29. The lowest BCUT2D eigenvalue weighted by molar-refractivity contribution is -0.135.